The highest BCUT2D eigenvalue weighted by Crippen LogP contribution is 2.31. The first-order valence-electron chi connectivity index (χ1n) is 9.32. The van der Waals surface area contributed by atoms with Gasteiger partial charge in [0.25, 0.3) is 0 Å². The molecule has 6 heteroatoms. The first-order chi connectivity index (χ1) is 11.7. The quantitative estimate of drug-likeness (QED) is 0.550. The highest BCUT2D eigenvalue weighted by molar-refractivity contribution is 5.81. The number of nitrogens with one attached hydrogen (secondary N) is 2. The Balaban J connectivity index is 4.90. The van der Waals surface area contributed by atoms with E-state index >= 15 is 0 Å². The summed E-state index contributed by atoms with van der Waals surface area (Å²) in [5, 5.41) is 6.32. The van der Waals surface area contributed by atoms with Gasteiger partial charge in [0.05, 0.1) is 31.0 Å². The lowest BCUT2D eigenvalue weighted by atomic mass is 9.80. The van der Waals surface area contributed by atoms with Crippen LogP contribution in [0.3, 0.4) is 0 Å². The molecule has 0 fully saturated rings. The van der Waals surface area contributed by atoms with Crippen molar-refractivity contribution in [2.45, 2.75) is 66.0 Å². The fraction of sp³-hybridized carbons (Fsp3) is 0.950. The molecule has 2 N–H and O–H groups in total. The molecule has 0 unspecified atom stereocenters. The Kier molecular flexibility index (Phi) is 9.75. The third kappa shape index (κ3) is 9.31. The fourth-order valence-corrected chi connectivity index (χ4v) is 3.01. The van der Waals surface area contributed by atoms with Gasteiger partial charge in [-0.15, -0.1) is 0 Å². The van der Waals surface area contributed by atoms with Crippen molar-refractivity contribution in [2.24, 2.45) is 10.8 Å². The second-order valence-corrected chi connectivity index (χ2v) is 9.75. The first kappa shape index (κ1) is 25.3. The van der Waals surface area contributed by atoms with Crippen LogP contribution in [0, 0.1) is 10.8 Å². The minimum atomic E-state index is -0.528. The lowest BCUT2D eigenvalue weighted by Crippen LogP contribution is -2.56. The number of hydrogen-bond donors (Lipinski definition) is 2. The van der Waals surface area contributed by atoms with Gasteiger partial charge in [0.2, 0.25) is 5.91 Å². The van der Waals surface area contributed by atoms with Crippen LogP contribution in [0.25, 0.3) is 0 Å². The van der Waals surface area contributed by atoms with Gasteiger partial charge in [0.15, 0.2) is 0 Å². The number of hydrogen-bond acceptors (Lipinski definition) is 5. The summed E-state index contributed by atoms with van der Waals surface area (Å²) >= 11 is 0. The molecule has 156 valence electrons. The minimum absolute atomic E-state index is 0.0535. The van der Waals surface area contributed by atoms with Gasteiger partial charge in [-0.25, -0.2) is 0 Å². The lowest BCUT2D eigenvalue weighted by molar-refractivity contribution is -0.137. The smallest absolute Gasteiger partial charge is 0.225 e. The van der Waals surface area contributed by atoms with Crippen molar-refractivity contribution in [1.82, 2.24) is 10.6 Å². The molecule has 0 radical (unpaired) electrons. The van der Waals surface area contributed by atoms with Gasteiger partial charge < -0.3 is 24.8 Å². The van der Waals surface area contributed by atoms with E-state index < -0.39 is 16.6 Å². The molecule has 0 rings (SSSR count). The fourth-order valence-electron chi connectivity index (χ4n) is 3.01. The predicted molar refractivity (Wildman–Crippen MR) is 106 cm³/mol. The second kappa shape index (κ2) is 10.0. The van der Waals surface area contributed by atoms with Crippen LogP contribution >= 0.6 is 0 Å². The van der Waals surface area contributed by atoms with Gasteiger partial charge in [-0.2, -0.15) is 0 Å². The molecule has 6 nitrogen and oxygen atoms in total. The summed E-state index contributed by atoms with van der Waals surface area (Å²) < 4.78 is 16.9. The number of likely N-dealkylation sites (N-methyl/N-ethyl adjacent to an activating group) is 1. The predicted octanol–water partition coefficient (Wildman–Crippen LogP) is 2.61. The van der Waals surface area contributed by atoms with Crippen LogP contribution in [-0.2, 0) is 19.0 Å². The van der Waals surface area contributed by atoms with Crippen molar-refractivity contribution in [3.8, 4) is 0 Å². The average molecular weight is 375 g/mol. The largest absolute Gasteiger partial charge is 0.383 e. The molecule has 0 aromatic carbocycles. The molecular formula is C20H42N2O4. The van der Waals surface area contributed by atoms with E-state index in [-0.39, 0.29) is 11.3 Å². The summed E-state index contributed by atoms with van der Waals surface area (Å²) in [6.45, 7) is 16.3. The number of amides is 1. The molecule has 0 aliphatic rings. The van der Waals surface area contributed by atoms with Gasteiger partial charge in [-0.3, -0.25) is 4.79 Å². The van der Waals surface area contributed by atoms with Gasteiger partial charge in [-0.1, -0.05) is 34.6 Å². The Morgan fingerprint density at radius 2 is 1.38 bits per heavy atom. The molecule has 0 saturated heterocycles. The molecule has 1 amide bonds. The lowest BCUT2D eigenvalue weighted by Gasteiger charge is -2.39. The molecule has 0 heterocycles. The van der Waals surface area contributed by atoms with E-state index in [1.165, 1.54) is 0 Å². The zero-order valence-corrected chi connectivity index (χ0v) is 18.7. The Morgan fingerprint density at radius 3 is 1.77 bits per heavy atom. The summed E-state index contributed by atoms with van der Waals surface area (Å²) in [5.41, 5.74) is -1.35. The van der Waals surface area contributed by atoms with Crippen molar-refractivity contribution in [2.75, 3.05) is 47.6 Å². The maximum atomic E-state index is 12.6. The molecule has 0 saturated carbocycles. The van der Waals surface area contributed by atoms with Crippen molar-refractivity contribution in [3.63, 3.8) is 0 Å². The monoisotopic (exact) mass is 374 g/mol. The number of methoxy groups -OCH3 is 2. The summed E-state index contributed by atoms with van der Waals surface area (Å²) in [6.07, 6.45) is 0.607. The Hall–Kier alpha value is -0.690. The van der Waals surface area contributed by atoms with Crippen molar-refractivity contribution < 1.29 is 19.0 Å². The van der Waals surface area contributed by atoms with Gasteiger partial charge in [-0.05, 0) is 32.7 Å². The highest BCUT2D eigenvalue weighted by atomic mass is 16.5. The minimum Gasteiger partial charge on any atom is -0.383 e. The van der Waals surface area contributed by atoms with Crippen molar-refractivity contribution in [3.05, 3.63) is 0 Å². The van der Waals surface area contributed by atoms with Crippen molar-refractivity contribution in [1.29, 1.82) is 0 Å². The normalized spacial score (nSPS) is 13.8. The number of ether oxygens (including phenoxy) is 3. The third-order valence-corrected chi connectivity index (χ3v) is 4.37. The maximum absolute atomic E-state index is 12.6. The molecule has 26 heavy (non-hydrogen) atoms. The molecule has 0 spiro atoms. The maximum Gasteiger partial charge on any atom is 0.225 e. The molecule has 0 aromatic heterocycles. The topological polar surface area (TPSA) is 68.8 Å². The van der Waals surface area contributed by atoms with Gasteiger partial charge in [0.1, 0.15) is 0 Å². The van der Waals surface area contributed by atoms with E-state index in [0.29, 0.717) is 32.8 Å². The zero-order chi connectivity index (χ0) is 20.6. The van der Waals surface area contributed by atoms with E-state index in [9.17, 15) is 4.79 Å². The van der Waals surface area contributed by atoms with Gasteiger partial charge >= 0.3 is 0 Å². The van der Waals surface area contributed by atoms with Crippen LogP contribution in [0.15, 0.2) is 0 Å². The highest BCUT2D eigenvalue weighted by Gasteiger charge is 2.38. The van der Waals surface area contributed by atoms with E-state index in [2.05, 4.69) is 31.4 Å². The van der Waals surface area contributed by atoms with E-state index in [4.69, 9.17) is 14.2 Å². The van der Waals surface area contributed by atoms with Crippen LogP contribution in [0.2, 0.25) is 0 Å². The van der Waals surface area contributed by atoms with Crippen LogP contribution in [0.5, 0.6) is 0 Å². The van der Waals surface area contributed by atoms with Crippen LogP contribution in [-0.4, -0.2) is 64.7 Å². The molecule has 0 aliphatic heterocycles. The standard InChI is InChI=1S/C20H42N2O4/c1-17(2,3)12-22-16(23)18(4,5)11-19(6,7)26-15-20(21-8,13-24-9)14-25-10/h21H,11-15H2,1-10H3,(H,22,23). The van der Waals surface area contributed by atoms with Crippen LogP contribution < -0.4 is 10.6 Å². The van der Waals surface area contributed by atoms with E-state index in [1.807, 2.05) is 34.7 Å². The van der Waals surface area contributed by atoms with Gasteiger partial charge in [0, 0.05) is 26.2 Å². The second-order valence-electron chi connectivity index (χ2n) is 9.75. The Morgan fingerprint density at radius 1 is 0.885 bits per heavy atom. The van der Waals surface area contributed by atoms with E-state index in [1.54, 1.807) is 14.2 Å². The Labute approximate surface area is 160 Å². The van der Waals surface area contributed by atoms with Crippen LogP contribution in [0.1, 0.15) is 54.9 Å². The molecule has 0 aliphatic carbocycles. The SMILES string of the molecule is CNC(COC)(COC)COC(C)(C)CC(C)(C)C(=O)NCC(C)(C)C. The van der Waals surface area contributed by atoms with E-state index in [0.717, 1.165) is 0 Å². The summed E-state index contributed by atoms with van der Waals surface area (Å²) in [6, 6.07) is 0. The van der Waals surface area contributed by atoms with Crippen LogP contribution in [0.4, 0.5) is 0 Å². The summed E-state index contributed by atoms with van der Waals surface area (Å²) in [5.74, 6) is 0.0535. The van der Waals surface area contributed by atoms with Crippen molar-refractivity contribution >= 4 is 5.91 Å². The number of rotatable bonds is 12. The molecular weight excluding hydrogens is 332 g/mol. The molecule has 0 atom stereocenters. The summed E-state index contributed by atoms with van der Waals surface area (Å²) in [7, 11) is 5.20. The average Bonchev–Trinajstić information content (AvgIpc) is 2.49. The first-order valence-corrected chi connectivity index (χ1v) is 9.32. The zero-order valence-electron chi connectivity index (χ0n) is 18.7. The Bertz CT molecular complexity index is 422. The summed E-state index contributed by atoms with van der Waals surface area (Å²) in [4.78, 5) is 12.6. The molecule has 0 bridgehead atoms. The third-order valence-electron chi connectivity index (χ3n) is 4.37. The number of carbonyl (C=O) groups excluding carboxylic acids is 1. The molecule has 0 aromatic rings. The number of carbonyl (C=O) groups is 1.